The van der Waals surface area contributed by atoms with E-state index in [1.165, 1.54) is 31.2 Å². The van der Waals surface area contributed by atoms with Gasteiger partial charge in [0.1, 0.15) is 6.33 Å². The first-order valence-electron chi connectivity index (χ1n) is 11.6. The Bertz CT molecular complexity index is 1120. The third-order valence-electron chi connectivity index (χ3n) is 6.60. The fourth-order valence-corrected chi connectivity index (χ4v) is 4.57. The summed E-state index contributed by atoms with van der Waals surface area (Å²) in [4.78, 5) is 17.6. The van der Waals surface area contributed by atoms with E-state index in [4.69, 9.17) is 5.10 Å². The van der Waals surface area contributed by atoms with Crippen molar-refractivity contribution in [2.45, 2.75) is 70.4 Å². The summed E-state index contributed by atoms with van der Waals surface area (Å²) in [5, 5.41) is 14.9. The molecule has 1 aliphatic heterocycles. The highest BCUT2D eigenvalue weighted by molar-refractivity contribution is 6.27. The number of hydrogen-bond donors (Lipinski definition) is 2. The number of unbranched alkanes of at least 4 members (excludes halogenated alkanes) is 2. The Balaban J connectivity index is 1.49. The largest absolute Gasteiger partial charge is 0.342 e. The molecule has 1 saturated carbocycles. The second-order valence-corrected chi connectivity index (χ2v) is 9.22. The van der Waals surface area contributed by atoms with Crippen LogP contribution in [0.4, 0.5) is 0 Å². The van der Waals surface area contributed by atoms with Gasteiger partial charge in [-0.2, -0.15) is 10.2 Å². The monoisotopic (exact) mass is 430 g/mol. The number of carbonyl (C=O) groups is 1. The second-order valence-electron chi connectivity index (χ2n) is 9.22. The van der Waals surface area contributed by atoms with Gasteiger partial charge in [0.05, 0.1) is 22.8 Å². The van der Waals surface area contributed by atoms with Crippen molar-refractivity contribution in [1.29, 1.82) is 0 Å². The van der Waals surface area contributed by atoms with Crippen molar-refractivity contribution in [2.75, 3.05) is 0 Å². The smallest absolute Gasteiger partial charge is 0.256 e. The molecule has 1 aliphatic carbocycles. The molecule has 5 rings (SSSR count). The van der Waals surface area contributed by atoms with Gasteiger partial charge < -0.3 is 5.32 Å². The number of benzene rings is 1. The summed E-state index contributed by atoms with van der Waals surface area (Å²) < 4.78 is 2.02. The lowest BCUT2D eigenvalue weighted by molar-refractivity contribution is -0.117. The maximum atomic E-state index is 13.4. The lowest BCUT2D eigenvalue weighted by Crippen LogP contribution is -2.47. The fourth-order valence-electron chi connectivity index (χ4n) is 4.57. The maximum absolute atomic E-state index is 13.4. The number of nitrogens with one attached hydrogen (secondary N) is 2. The zero-order valence-corrected chi connectivity index (χ0v) is 18.8. The van der Waals surface area contributed by atoms with E-state index in [1.807, 2.05) is 16.9 Å². The molecule has 1 aromatic carbocycles. The zero-order valence-electron chi connectivity index (χ0n) is 18.8. The molecule has 1 fully saturated rings. The van der Waals surface area contributed by atoms with Gasteiger partial charge in [0.15, 0.2) is 5.82 Å². The van der Waals surface area contributed by atoms with Gasteiger partial charge in [0.2, 0.25) is 0 Å². The maximum Gasteiger partial charge on any atom is 0.256 e. The van der Waals surface area contributed by atoms with E-state index in [0.717, 1.165) is 36.1 Å². The first-order chi connectivity index (χ1) is 15.6. The van der Waals surface area contributed by atoms with Crippen LogP contribution < -0.4 is 5.32 Å². The third-order valence-corrected chi connectivity index (χ3v) is 6.60. The van der Waals surface area contributed by atoms with E-state index >= 15 is 0 Å². The van der Waals surface area contributed by atoms with Gasteiger partial charge in [-0.15, -0.1) is 0 Å². The lowest BCUT2D eigenvalue weighted by Gasteiger charge is -2.37. The summed E-state index contributed by atoms with van der Waals surface area (Å²) in [7, 11) is 0. The van der Waals surface area contributed by atoms with Crippen molar-refractivity contribution in [3.8, 4) is 0 Å². The van der Waals surface area contributed by atoms with Crippen LogP contribution in [0.5, 0.6) is 0 Å². The van der Waals surface area contributed by atoms with Gasteiger partial charge in [-0.25, -0.2) is 4.98 Å². The van der Waals surface area contributed by atoms with Crippen LogP contribution in [0.3, 0.4) is 0 Å². The minimum Gasteiger partial charge on any atom is -0.342 e. The number of aromatic nitrogens is 5. The van der Waals surface area contributed by atoms with Crippen molar-refractivity contribution in [3.63, 3.8) is 0 Å². The minimum atomic E-state index is -0.527. The molecule has 0 radical (unpaired) electrons. The summed E-state index contributed by atoms with van der Waals surface area (Å²) >= 11 is 0. The molecular weight excluding hydrogens is 400 g/mol. The van der Waals surface area contributed by atoms with E-state index in [9.17, 15) is 4.79 Å². The van der Waals surface area contributed by atoms with Gasteiger partial charge >= 0.3 is 0 Å². The molecule has 7 heteroatoms. The molecule has 1 atom stereocenters. The molecule has 0 saturated heterocycles. The Kier molecular flexibility index (Phi) is 5.41. The van der Waals surface area contributed by atoms with Crippen molar-refractivity contribution >= 4 is 17.1 Å². The highest BCUT2D eigenvalue weighted by Crippen LogP contribution is 2.41. The van der Waals surface area contributed by atoms with Gasteiger partial charge in [0.25, 0.3) is 5.91 Å². The minimum absolute atomic E-state index is 0.154. The third kappa shape index (κ3) is 3.99. The summed E-state index contributed by atoms with van der Waals surface area (Å²) in [6.45, 7) is 4.31. The van der Waals surface area contributed by atoms with Crippen molar-refractivity contribution < 1.29 is 4.79 Å². The van der Waals surface area contributed by atoms with Gasteiger partial charge in [-0.1, -0.05) is 44.0 Å². The standard InChI is InChI=1S/C25H30N6O/c1-3-4-5-6-17-7-9-18(10-8-17)25(2)15-20(21-13-14-31(30-21)19-11-12-19)22(24(32)28-25)23-26-16-27-29-23/h7-10,13-14,16,19H,3-6,11-12,15H2,1-2H3,(H,28,32)(H,26,27,29)/t25-/m0/s1. The van der Waals surface area contributed by atoms with Gasteiger partial charge in [-0.3, -0.25) is 14.6 Å². The van der Waals surface area contributed by atoms with Gasteiger partial charge in [-0.05, 0) is 55.4 Å². The molecule has 0 spiro atoms. The first-order valence-corrected chi connectivity index (χ1v) is 11.6. The normalized spacial score (nSPS) is 21.1. The molecule has 0 bridgehead atoms. The Morgan fingerprint density at radius 1 is 1.16 bits per heavy atom. The summed E-state index contributed by atoms with van der Waals surface area (Å²) in [5.74, 6) is 0.324. The summed E-state index contributed by atoms with van der Waals surface area (Å²) in [6.07, 6.45) is 11.2. The van der Waals surface area contributed by atoms with Crippen LogP contribution >= 0.6 is 0 Å². The number of nitrogens with zero attached hydrogens (tertiary/aromatic N) is 4. The predicted octanol–water partition coefficient (Wildman–Crippen LogP) is 4.41. The number of aryl methyl sites for hydroxylation is 1. The molecule has 0 unspecified atom stereocenters. The number of amides is 1. The average molecular weight is 431 g/mol. The lowest BCUT2D eigenvalue weighted by atomic mass is 9.79. The van der Waals surface area contributed by atoms with Crippen LogP contribution in [-0.2, 0) is 16.8 Å². The Hall–Kier alpha value is -3.22. The quantitative estimate of drug-likeness (QED) is 0.518. The Morgan fingerprint density at radius 2 is 1.97 bits per heavy atom. The molecule has 1 amide bonds. The van der Waals surface area contributed by atoms with Crippen molar-refractivity contribution in [3.05, 3.63) is 65.5 Å². The number of H-pyrrole nitrogens is 1. The van der Waals surface area contributed by atoms with E-state index in [2.05, 4.69) is 58.6 Å². The van der Waals surface area contributed by atoms with Crippen LogP contribution in [0, 0.1) is 0 Å². The van der Waals surface area contributed by atoms with Crippen LogP contribution in [0.2, 0.25) is 0 Å². The summed E-state index contributed by atoms with van der Waals surface area (Å²) in [5.41, 5.74) is 4.17. The van der Waals surface area contributed by atoms with E-state index in [1.54, 1.807) is 0 Å². The molecular formula is C25H30N6O. The zero-order chi connectivity index (χ0) is 22.1. The van der Waals surface area contributed by atoms with Crippen molar-refractivity contribution in [1.82, 2.24) is 30.3 Å². The van der Waals surface area contributed by atoms with Crippen molar-refractivity contribution in [2.24, 2.45) is 0 Å². The Morgan fingerprint density at radius 3 is 2.66 bits per heavy atom. The second kappa shape index (κ2) is 8.37. The molecule has 32 heavy (non-hydrogen) atoms. The van der Waals surface area contributed by atoms with Crippen LogP contribution in [0.1, 0.15) is 81.1 Å². The fraction of sp³-hybridized carbons (Fsp3) is 0.440. The van der Waals surface area contributed by atoms with E-state index in [0.29, 0.717) is 23.9 Å². The summed E-state index contributed by atoms with van der Waals surface area (Å²) in [6, 6.07) is 11.2. The molecule has 7 nitrogen and oxygen atoms in total. The van der Waals surface area contributed by atoms with E-state index < -0.39 is 5.54 Å². The first kappa shape index (κ1) is 20.7. The highest BCUT2D eigenvalue weighted by atomic mass is 16.2. The molecule has 3 aromatic rings. The number of aromatic amines is 1. The molecule has 2 aromatic heterocycles. The van der Waals surface area contributed by atoms with E-state index in [-0.39, 0.29) is 5.91 Å². The number of hydrogen-bond acceptors (Lipinski definition) is 4. The molecule has 2 N–H and O–H groups in total. The Labute approximate surface area is 188 Å². The molecule has 2 aliphatic rings. The van der Waals surface area contributed by atoms with Crippen LogP contribution in [-0.4, -0.2) is 30.9 Å². The number of rotatable bonds is 8. The topological polar surface area (TPSA) is 88.5 Å². The number of carbonyl (C=O) groups excluding carboxylic acids is 1. The van der Waals surface area contributed by atoms with Crippen LogP contribution in [0.25, 0.3) is 11.1 Å². The average Bonchev–Trinajstić information content (AvgIpc) is 3.28. The van der Waals surface area contributed by atoms with Crippen LogP contribution in [0.15, 0.2) is 42.9 Å². The molecule has 166 valence electrons. The van der Waals surface area contributed by atoms with Gasteiger partial charge in [0, 0.05) is 12.6 Å². The highest BCUT2D eigenvalue weighted by Gasteiger charge is 2.39. The predicted molar refractivity (Wildman–Crippen MR) is 123 cm³/mol. The SMILES string of the molecule is CCCCCc1ccc([C@]2(C)CC(c3ccn(C4CC4)n3)=C(c3ncn[nH]3)C(=O)N2)cc1. The molecule has 3 heterocycles.